The number of hydrogen-bond acceptors (Lipinski definition) is 2. The van der Waals surface area contributed by atoms with E-state index in [-0.39, 0.29) is 12.0 Å². The number of amides is 1. The van der Waals surface area contributed by atoms with Gasteiger partial charge in [0.05, 0.1) is 6.61 Å². The van der Waals surface area contributed by atoms with E-state index in [1.807, 2.05) is 19.1 Å². The summed E-state index contributed by atoms with van der Waals surface area (Å²) in [4.78, 5) is 11.3. The molecule has 3 heteroatoms. The molecule has 17 heavy (non-hydrogen) atoms. The van der Waals surface area contributed by atoms with Gasteiger partial charge >= 0.3 is 0 Å². The highest BCUT2D eigenvalue weighted by atomic mass is 16.5. The first-order chi connectivity index (χ1) is 8.31. The van der Waals surface area contributed by atoms with Crippen LogP contribution in [0.5, 0.6) is 0 Å². The maximum absolute atomic E-state index is 11.3. The van der Waals surface area contributed by atoms with Crippen molar-refractivity contribution < 1.29 is 9.53 Å². The van der Waals surface area contributed by atoms with E-state index < -0.39 is 0 Å². The van der Waals surface area contributed by atoms with Gasteiger partial charge in [0.2, 0.25) is 5.91 Å². The van der Waals surface area contributed by atoms with Gasteiger partial charge in [0, 0.05) is 6.54 Å². The third-order valence-corrected chi connectivity index (χ3v) is 2.87. The fourth-order valence-electron chi connectivity index (χ4n) is 2.05. The molecular weight excluding hydrogens is 214 g/mol. The molecule has 0 radical (unpaired) electrons. The van der Waals surface area contributed by atoms with Crippen LogP contribution in [0.25, 0.3) is 0 Å². The molecule has 0 bridgehead atoms. The number of benzene rings is 1. The molecule has 1 aromatic rings. The average Bonchev–Trinajstić information content (AvgIpc) is 2.36. The lowest BCUT2D eigenvalue weighted by molar-refractivity contribution is -0.117. The monoisotopic (exact) mass is 231 g/mol. The Morgan fingerprint density at radius 1 is 1.53 bits per heavy atom. The van der Waals surface area contributed by atoms with Gasteiger partial charge in [0.25, 0.3) is 0 Å². The Labute approximate surface area is 101 Å². The maximum atomic E-state index is 11.3. The van der Waals surface area contributed by atoms with Crippen LogP contribution in [0.3, 0.4) is 0 Å². The number of carbonyl (C=O) groups is 1. The van der Waals surface area contributed by atoms with Crippen molar-refractivity contribution in [2.45, 2.75) is 19.4 Å². The molecule has 0 aliphatic carbocycles. The quantitative estimate of drug-likeness (QED) is 0.808. The molecule has 1 atom stereocenters. The van der Waals surface area contributed by atoms with Crippen molar-refractivity contribution in [3.05, 3.63) is 47.5 Å². The van der Waals surface area contributed by atoms with Gasteiger partial charge in [-0.05, 0) is 30.5 Å². The van der Waals surface area contributed by atoms with Gasteiger partial charge in [0.1, 0.15) is 6.10 Å². The summed E-state index contributed by atoms with van der Waals surface area (Å²) >= 11 is 0. The number of rotatable bonds is 3. The van der Waals surface area contributed by atoms with Gasteiger partial charge < -0.3 is 10.1 Å². The highest BCUT2D eigenvalue weighted by Crippen LogP contribution is 2.25. The van der Waals surface area contributed by atoms with Crippen LogP contribution in [-0.4, -0.2) is 19.1 Å². The number of ether oxygens (including phenoxy) is 1. The normalized spacial score (nSPS) is 19.0. The van der Waals surface area contributed by atoms with Gasteiger partial charge in [-0.1, -0.05) is 30.3 Å². The van der Waals surface area contributed by atoms with Crippen LogP contribution >= 0.6 is 0 Å². The van der Waals surface area contributed by atoms with E-state index in [4.69, 9.17) is 4.74 Å². The molecule has 1 N–H and O–H groups in total. The van der Waals surface area contributed by atoms with Crippen LogP contribution in [0.15, 0.2) is 36.4 Å². The van der Waals surface area contributed by atoms with E-state index >= 15 is 0 Å². The van der Waals surface area contributed by atoms with Gasteiger partial charge in [0.15, 0.2) is 0 Å². The van der Waals surface area contributed by atoms with Crippen molar-refractivity contribution in [1.82, 2.24) is 5.32 Å². The molecule has 1 amide bonds. The highest BCUT2D eigenvalue weighted by molar-refractivity contribution is 5.87. The molecule has 0 unspecified atom stereocenters. The van der Waals surface area contributed by atoms with Crippen LogP contribution in [0, 0.1) is 0 Å². The topological polar surface area (TPSA) is 38.3 Å². The number of carbonyl (C=O) groups excluding carboxylic acids is 1. The van der Waals surface area contributed by atoms with Crippen molar-refractivity contribution in [2.24, 2.45) is 0 Å². The second-order valence-corrected chi connectivity index (χ2v) is 4.05. The van der Waals surface area contributed by atoms with Gasteiger partial charge in [-0.25, -0.2) is 0 Å². The predicted octanol–water partition coefficient (Wildman–Crippen LogP) is 1.99. The number of fused-ring (bicyclic) bond motifs is 1. The molecule has 1 aromatic carbocycles. The van der Waals surface area contributed by atoms with Crippen molar-refractivity contribution in [3.63, 3.8) is 0 Å². The van der Waals surface area contributed by atoms with Crippen molar-refractivity contribution in [1.29, 1.82) is 0 Å². The predicted molar refractivity (Wildman–Crippen MR) is 66.7 cm³/mol. The van der Waals surface area contributed by atoms with Crippen LogP contribution in [0.4, 0.5) is 0 Å². The molecule has 1 aliphatic heterocycles. The standard InChI is InChI=1S/C14H17NO2/c1-2-5-14(16)15-10-13-12-7-4-3-6-11(12)8-9-17-13/h2-7,13H,8-10H2,1H3,(H,15,16)/b5-2+/t13-/m0/s1. The Morgan fingerprint density at radius 3 is 3.18 bits per heavy atom. The first-order valence-electron chi connectivity index (χ1n) is 5.91. The van der Waals surface area contributed by atoms with Gasteiger partial charge in [-0.3, -0.25) is 4.79 Å². The molecule has 0 fully saturated rings. The Morgan fingerprint density at radius 2 is 2.35 bits per heavy atom. The van der Waals surface area contributed by atoms with Crippen LogP contribution in [-0.2, 0) is 16.0 Å². The summed E-state index contributed by atoms with van der Waals surface area (Å²) in [6.45, 7) is 3.08. The third kappa shape index (κ3) is 2.94. The molecule has 0 aromatic heterocycles. The van der Waals surface area contributed by atoms with E-state index in [0.717, 1.165) is 13.0 Å². The summed E-state index contributed by atoms with van der Waals surface area (Å²) in [5.41, 5.74) is 2.52. The molecule has 1 aliphatic rings. The SMILES string of the molecule is C/C=C/C(=O)NC[C@@H]1OCCc2ccccc21. The number of hydrogen-bond donors (Lipinski definition) is 1. The second kappa shape index (κ2) is 5.64. The summed E-state index contributed by atoms with van der Waals surface area (Å²) in [5.74, 6) is -0.0702. The molecule has 0 spiro atoms. The lowest BCUT2D eigenvalue weighted by atomic mass is 9.97. The minimum Gasteiger partial charge on any atom is -0.371 e. The molecular formula is C14H17NO2. The summed E-state index contributed by atoms with van der Waals surface area (Å²) in [7, 11) is 0. The van der Waals surface area contributed by atoms with E-state index in [9.17, 15) is 4.79 Å². The summed E-state index contributed by atoms with van der Waals surface area (Å²) in [6, 6.07) is 8.24. The molecule has 2 rings (SSSR count). The zero-order chi connectivity index (χ0) is 12.1. The van der Waals surface area contributed by atoms with Crippen LogP contribution < -0.4 is 5.32 Å². The summed E-state index contributed by atoms with van der Waals surface area (Å²) < 4.78 is 5.69. The molecule has 0 saturated heterocycles. The molecule has 3 nitrogen and oxygen atoms in total. The summed E-state index contributed by atoms with van der Waals surface area (Å²) in [6.07, 6.45) is 4.18. The first kappa shape index (κ1) is 11.9. The third-order valence-electron chi connectivity index (χ3n) is 2.87. The average molecular weight is 231 g/mol. The smallest absolute Gasteiger partial charge is 0.243 e. The largest absolute Gasteiger partial charge is 0.371 e. The van der Waals surface area contributed by atoms with E-state index in [0.29, 0.717) is 6.54 Å². The van der Waals surface area contributed by atoms with E-state index in [2.05, 4.69) is 17.4 Å². The molecule has 90 valence electrons. The fourth-order valence-corrected chi connectivity index (χ4v) is 2.05. The minimum absolute atomic E-state index is 0.0193. The Balaban J connectivity index is 2.01. The Bertz CT molecular complexity index is 426. The Hall–Kier alpha value is -1.61. The lowest BCUT2D eigenvalue weighted by Crippen LogP contribution is -2.30. The zero-order valence-electron chi connectivity index (χ0n) is 9.98. The molecule has 0 saturated carbocycles. The van der Waals surface area contributed by atoms with E-state index in [1.54, 1.807) is 6.08 Å². The molecule has 1 heterocycles. The number of allylic oxidation sites excluding steroid dienone is 1. The van der Waals surface area contributed by atoms with Crippen molar-refractivity contribution >= 4 is 5.91 Å². The first-order valence-corrected chi connectivity index (χ1v) is 5.91. The zero-order valence-corrected chi connectivity index (χ0v) is 9.98. The summed E-state index contributed by atoms with van der Waals surface area (Å²) in [5, 5.41) is 2.84. The van der Waals surface area contributed by atoms with Crippen molar-refractivity contribution in [2.75, 3.05) is 13.2 Å². The second-order valence-electron chi connectivity index (χ2n) is 4.05. The number of nitrogens with one attached hydrogen (secondary N) is 1. The minimum atomic E-state index is -0.0702. The van der Waals surface area contributed by atoms with Crippen LogP contribution in [0.1, 0.15) is 24.2 Å². The fraction of sp³-hybridized carbons (Fsp3) is 0.357. The van der Waals surface area contributed by atoms with Crippen molar-refractivity contribution in [3.8, 4) is 0 Å². The highest BCUT2D eigenvalue weighted by Gasteiger charge is 2.20. The van der Waals surface area contributed by atoms with E-state index in [1.165, 1.54) is 17.2 Å². The van der Waals surface area contributed by atoms with Crippen LogP contribution in [0.2, 0.25) is 0 Å². The van der Waals surface area contributed by atoms with Gasteiger partial charge in [-0.15, -0.1) is 0 Å². The maximum Gasteiger partial charge on any atom is 0.243 e. The Kier molecular flexibility index (Phi) is 3.94. The lowest BCUT2D eigenvalue weighted by Gasteiger charge is -2.26. The van der Waals surface area contributed by atoms with Gasteiger partial charge in [-0.2, -0.15) is 0 Å².